The van der Waals surface area contributed by atoms with Crippen molar-refractivity contribution in [2.24, 2.45) is 0 Å². The quantitative estimate of drug-likeness (QED) is 0.639. The van der Waals surface area contributed by atoms with Gasteiger partial charge in [-0.2, -0.15) is 5.10 Å². The molecule has 28 heavy (non-hydrogen) atoms. The van der Waals surface area contributed by atoms with Gasteiger partial charge in [-0.1, -0.05) is 38.5 Å². The number of carbonyl (C=O) groups excluding carboxylic acids is 1. The molecule has 1 fully saturated rings. The fourth-order valence-corrected chi connectivity index (χ4v) is 3.88. The topological polar surface area (TPSA) is 53.4 Å². The maximum Gasteiger partial charge on any atom is 0.272 e. The molecule has 2 heterocycles. The predicted molar refractivity (Wildman–Crippen MR) is 115 cm³/mol. The van der Waals surface area contributed by atoms with Crippen LogP contribution in [0.25, 0.3) is 10.9 Å². The fourth-order valence-electron chi connectivity index (χ4n) is 3.88. The Hall–Kier alpha value is -1.92. The number of nitrogens with zero attached hydrogens (tertiary/aromatic N) is 4. The summed E-state index contributed by atoms with van der Waals surface area (Å²) in [7, 11) is 0. The van der Waals surface area contributed by atoms with Crippen LogP contribution < -0.4 is 5.32 Å². The second-order valence-corrected chi connectivity index (χ2v) is 7.74. The number of hydrogen-bond donors (Lipinski definition) is 1. The maximum absolute atomic E-state index is 12.7. The first-order valence-corrected chi connectivity index (χ1v) is 10.9. The number of aryl methyl sites for hydroxylation is 1. The number of unbranched alkanes of at least 4 members (excludes halogenated alkanes) is 1. The van der Waals surface area contributed by atoms with Gasteiger partial charge in [0.05, 0.1) is 5.52 Å². The van der Waals surface area contributed by atoms with Gasteiger partial charge >= 0.3 is 0 Å². The molecule has 1 aliphatic heterocycles. The van der Waals surface area contributed by atoms with Crippen LogP contribution in [0, 0.1) is 0 Å². The Morgan fingerprint density at radius 2 is 1.64 bits per heavy atom. The van der Waals surface area contributed by atoms with Crippen molar-refractivity contribution in [2.75, 3.05) is 45.8 Å². The summed E-state index contributed by atoms with van der Waals surface area (Å²) in [4.78, 5) is 17.7. The number of nitrogens with one attached hydrogen (secondary N) is 1. The molecular weight excluding hydrogens is 350 g/mol. The molecule has 1 aromatic heterocycles. The summed E-state index contributed by atoms with van der Waals surface area (Å²) < 4.78 is 1.95. The summed E-state index contributed by atoms with van der Waals surface area (Å²) in [6.07, 6.45) is 4.55. The van der Waals surface area contributed by atoms with Gasteiger partial charge in [-0.15, -0.1) is 0 Å². The van der Waals surface area contributed by atoms with Crippen molar-refractivity contribution in [3.8, 4) is 0 Å². The second-order valence-electron chi connectivity index (χ2n) is 7.74. The van der Waals surface area contributed by atoms with Crippen LogP contribution in [-0.4, -0.2) is 71.3 Å². The maximum atomic E-state index is 12.7. The normalized spacial score (nSPS) is 15.9. The SMILES string of the molecule is CCCCN1CCN(CCCNC(=O)c2nn(CCC)c3ccccc23)CC1. The molecule has 0 aliphatic carbocycles. The zero-order valence-electron chi connectivity index (χ0n) is 17.5. The van der Waals surface area contributed by atoms with Crippen molar-refractivity contribution in [3.05, 3.63) is 30.0 Å². The first-order valence-electron chi connectivity index (χ1n) is 10.9. The Labute approximate surface area is 168 Å². The molecule has 0 atom stereocenters. The van der Waals surface area contributed by atoms with Gasteiger partial charge in [0.25, 0.3) is 5.91 Å². The zero-order chi connectivity index (χ0) is 19.8. The predicted octanol–water partition coefficient (Wildman–Crippen LogP) is 2.98. The van der Waals surface area contributed by atoms with Crippen LogP contribution in [-0.2, 0) is 6.54 Å². The molecule has 0 unspecified atom stereocenters. The minimum Gasteiger partial charge on any atom is -0.351 e. The average Bonchev–Trinajstić information content (AvgIpc) is 3.09. The number of para-hydroxylation sites is 1. The molecule has 1 N–H and O–H groups in total. The number of carbonyl (C=O) groups is 1. The van der Waals surface area contributed by atoms with E-state index in [1.54, 1.807) is 0 Å². The number of benzene rings is 1. The molecule has 1 amide bonds. The molecule has 1 saturated heterocycles. The van der Waals surface area contributed by atoms with E-state index in [0.717, 1.165) is 49.9 Å². The fraction of sp³-hybridized carbons (Fsp3) is 0.636. The average molecular weight is 386 g/mol. The number of hydrogen-bond acceptors (Lipinski definition) is 4. The van der Waals surface area contributed by atoms with E-state index in [1.165, 1.54) is 32.5 Å². The van der Waals surface area contributed by atoms with Crippen LogP contribution >= 0.6 is 0 Å². The third-order valence-corrected chi connectivity index (χ3v) is 5.54. The van der Waals surface area contributed by atoms with Crippen molar-refractivity contribution < 1.29 is 4.79 Å². The first-order chi connectivity index (χ1) is 13.7. The summed E-state index contributed by atoms with van der Waals surface area (Å²) >= 11 is 0. The molecule has 2 aromatic rings. The van der Waals surface area contributed by atoms with Gasteiger partial charge in [0.15, 0.2) is 5.69 Å². The van der Waals surface area contributed by atoms with Crippen LogP contribution in [0.1, 0.15) is 50.0 Å². The van der Waals surface area contributed by atoms with Gasteiger partial charge in [0.2, 0.25) is 0 Å². The van der Waals surface area contributed by atoms with E-state index >= 15 is 0 Å². The minimum absolute atomic E-state index is 0.0598. The summed E-state index contributed by atoms with van der Waals surface area (Å²) in [5.74, 6) is -0.0598. The highest BCUT2D eigenvalue weighted by Crippen LogP contribution is 2.18. The van der Waals surface area contributed by atoms with E-state index in [1.807, 2.05) is 28.9 Å². The molecule has 0 spiro atoms. The lowest BCUT2D eigenvalue weighted by Crippen LogP contribution is -2.47. The lowest BCUT2D eigenvalue weighted by atomic mass is 10.2. The molecule has 6 heteroatoms. The third-order valence-electron chi connectivity index (χ3n) is 5.54. The van der Waals surface area contributed by atoms with Crippen LogP contribution in [0.4, 0.5) is 0 Å². The molecule has 1 aromatic carbocycles. The molecule has 154 valence electrons. The number of rotatable bonds is 10. The van der Waals surface area contributed by atoms with E-state index in [0.29, 0.717) is 12.2 Å². The van der Waals surface area contributed by atoms with Crippen LogP contribution in [0.3, 0.4) is 0 Å². The number of aromatic nitrogens is 2. The number of fused-ring (bicyclic) bond motifs is 1. The lowest BCUT2D eigenvalue weighted by molar-refractivity contribution is 0.0943. The minimum atomic E-state index is -0.0598. The first kappa shape index (κ1) is 20.8. The largest absolute Gasteiger partial charge is 0.351 e. The zero-order valence-corrected chi connectivity index (χ0v) is 17.5. The van der Waals surface area contributed by atoms with E-state index in [2.05, 4.69) is 34.1 Å². The lowest BCUT2D eigenvalue weighted by Gasteiger charge is -2.34. The van der Waals surface area contributed by atoms with Gasteiger partial charge < -0.3 is 15.1 Å². The Morgan fingerprint density at radius 1 is 0.964 bits per heavy atom. The number of amides is 1. The third kappa shape index (κ3) is 5.32. The van der Waals surface area contributed by atoms with Gasteiger partial charge in [0, 0.05) is 44.7 Å². The van der Waals surface area contributed by atoms with Crippen LogP contribution in [0.5, 0.6) is 0 Å². The van der Waals surface area contributed by atoms with E-state index in [4.69, 9.17) is 0 Å². The Morgan fingerprint density at radius 3 is 2.32 bits per heavy atom. The van der Waals surface area contributed by atoms with Crippen molar-refractivity contribution in [1.29, 1.82) is 0 Å². The van der Waals surface area contributed by atoms with Crippen molar-refractivity contribution in [1.82, 2.24) is 24.9 Å². The highest BCUT2D eigenvalue weighted by atomic mass is 16.1. The highest BCUT2D eigenvalue weighted by Gasteiger charge is 2.18. The van der Waals surface area contributed by atoms with Crippen LogP contribution in [0.15, 0.2) is 24.3 Å². The number of piperazine rings is 1. The molecule has 0 bridgehead atoms. The second kappa shape index (κ2) is 10.6. The highest BCUT2D eigenvalue weighted by molar-refractivity contribution is 6.04. The van der Waals surface area contributed by atoms with E-state index in [-0.39, 0.29) is 5.91 Å². The van der Waals surface area contributed by atoms with Gasteiger partial charge in [0.1, 0.15) is 0 Å². The molecule has 6 nitrogen and oxygen atoms in total. The Balaban J connectivity index is 1.44. The van der Waals surface area contributed by atoms with Gasteiger partial charge in [-0.3, -0.25) is 9.48 Å². The van der Waals surface area contributed by atoms with Crippen LogP contribution in [0.2, 0.25) is 0 Å². The van der Waals surface area contributed by atoms with Gasteiger partial charge in [-0.25, -0.2) is 0 Å². The van der Waals surface area contributed by atoms with Crippen molar-refractivity contribution in [2.45, 2.75) is 46.1 Å². The smallest absolute Gasteiger partial charge is 0.272 e. The molecule has 1 aliphatic rings. The summed E-state index contributed by atoms with van der Waals surface area (Å²) in [5, 5.41) is 8.58. The van der Waals surface area contributed by atoms with Crippen molar-refractivity contribution >= 4 is 16.8 Å². The van der Waals surface area contributed by atoms with Crippen molar-refractivity contribution in [3.63, 3.8) is 0 Å². The summed E-state index contributed by atoms with van der Waals surface area (Å²) in [5.41, 5.74) is 1.59. The van der Waals surface area contributed by atoms with Gasteiger partial charge in [-0.05, 0) is 38.4 Å². The molecular formula is C22H35N5O. The Bertz CT molecular complexity index is 748. The Kier molecular flexibility index (Phi) is 7.86. The standard InChI is InChI=1S/C22H35N5O/c1-3-5-13-25-15-17-26(18-16-25)14-8-11-23-22(28)21-19-9-6-7-10-20(19)27(24-21)12-4-2/h6-7,9-10H,3-5,8,11-18H2,1-2H3,(H,23,28). The summed E-state index contributed by atoms with van der Waals surface area (Å²) in [6, 6.07) is 7.99. The molecule has 0 saturated carbocycles. The molecule has 3 rings (SSSR count). The van der Waals surface area contributed by atoms with E-state index in [9.17, 15) is 4.79 Å². The van der Waals surface area contributed by atoms with E-state index < -0.39 is 0 Å². The summed E-state index contributed by atoms with van der Waals surface area (Å²) in [6.45, 7) is 12.8. The molecule has 0 radical (unpaired) electrons. The monoisotopic (exact) mass is 385 g/mol.